The fourth-order valence-corrected chi connectivity index (χ4v) is 5.80. The molecule has 1 aromatic carbocycles. The van der Waals surface area contributed by atoms with Crippen LogP contribution in [0.4, 0.5) is 4.79 Å². The number of aryl methyl sites for hydroxylation is 2. The number of imide groups is 1. The average molecular weight is 477 g/mol. The number of nitrogens with one attached hydrogen (secondary N) is 1. The second-order valence-corrected chi connectivity index (χ2v) is 9.92. The summed E-state index contributed by atoms with van der Waals surface area (Å²) in [6.45, 7) is 5.94. The van der Waals surface area contributed by atoms with Crippen LogP contribution >= 0.6 is 0 Å². The maximum Gasteiger partial charge on any atom is 0.325 e. The zero-order valence-corrected chi connectivity index (χ0v) is 20.3. The van der Waals surface area contributed by atoms with E-state index in [1.54, 1.807) is 18.5 Å². The van der Waals surface area contributed by atoms with Gasteiger partial charge in [0.15, 0.2) is 5.54 Å². The third-order valence-corrected chi connectivity index (χ3v) is 7.67. The van der Waals surface area contributed by atoms with Gasteiger partial charge >= 0.3 is 6.03 Å². The van der Waals surface area contributed by atoms with Crippen LogP contribution in [0.3, 0.4) is 0 Å². The molecular formula is C27H32N4O4. The number of hydrogen-bond donors (Lipinski definition) is 1. The number of amides is 4. The first-order valence-electron chi connectivity index (χ1n) is 12.4. The van der Waals surface area contributed by atoms with E-state index in [0.29, 0.717) is 43.7 Å². The number of pyridine rings is 1. The van der Waals surface area contributed by atoms with Gasteiger partial charge in [0.25, 0.3) is 11.8 Å². The van der Waals surface area contributed by atoms with Crippen molar-refractivity contribution >= 4 is 17.8 Å². The maximum atomic E-state index is 13.9. The van der Waals surface area contributed by atoms with Crippen molar-refractivity contribution in [2.24, 2.45) is 5.92 Å². The van der Waals surface area contributed by atoms with Crippen LogP contribution in [-0.2, 0) is 15.1 Å². The van der Waals surface area contributed by atoms with E-state index < -0.39 is 5.54 Å². The molecule has 0 bridgehead atoms. The van der Waals surface area contributed by atoms with E-state index in [0.717, 1.165) is 24.0 Å². The van der Waals surface area contributed by atoms with E-state index in [1.807, 2.05) is 43.0 Å². The Morgan fingerprint density at radius 1 is 1.17 bits per heavy atom. The number of urea groups is 1. The fourth-order valence-electron chi connectivity index (χ4n) is 5.80. The van der Waals surface area contributed by atoms with Crippen molar-refractivity contribution in [1.29, 1.82) is 0 Å². The van der Waals surface area contributed by atoms with Crippen LogP contribution in [0, 0.1) is 19.8 Å². The van der Waals surface area contributed by atoms with E-state index in [1.165, 1.54) is 4.90 Å². The van der Waals surface area contributed by atoms with Gasteiger partial charge in [0.05, 0.1) is 12.6 Å². The molecule has 2 aromatic rings. The highest BCUT2D eigenvalue weighted by atomic mass is 16.5. The van der Waals surface area contributed by atoms with Crippen molar-refractivity contribution in [2.75, 3.05) is 26.2 Å². The number of piperidine rings is 1. The number of benzene rings is 1. The van der Waals surface area contributed by atoms with Gasteiger partial charge in [-0.25, -0.2) is 4.79 Å². The van der Waals surface area contributed by atoms with Crippen molar-refractivity contribution in [3.63, 3.8) is 0 Å². The monoisotopic (exact) mass is 476 g/mol. The summed E-state index contributed by atoms with van der Waals surface area (Å²) >= 11 is 0. The predicted molar refractivity (Wildman–Crippen MR) is 130 cm³/mol. The molecule has 1 aromatic heterocycles. The summed E-state index contributed by atoms with van der Waals surface area (Å²) in [4.78, 5) is 47.6. The predicted octanol–water partition coefficient (Wildman–Crippen LogP) is 3.18. The number of likely N-dealkylation sites (tertiary alicyclic amines) is 1. The highest BCUT2D eigenvalue weighted by Crippen LogP contribution is 2.41. The molecule has 35 heavy (non-hydrogen) atoms. The third kappa shape index (κ3) is 4.20. The van der Waals surface area contributed by atoms with E-state index in [9.17, 15) is 14.4 Å². The summed E-state index contributed by atoms with van der Waals surface area (Å²) in [6.07, 6.45) is 6.20. The Morgan fingerprint density at radius 3 is 2.63 bits per heavy atom. The second-order valence-electron chi connectivity index (χ2n) is 9.92. The van der Waals surface area contributed by atoms with E-state index >= 15 is 0 Å². The number of aromatic nitrogens is 1. The topological polar surface area (TPSA) is 91.8 Å². The molecule has 5 rings (SSSR count). The molecule has 184 valence electrons. The van der Waals surface area contributed by atoms with Gasteiger partial charge in [-0.2, -0.15) is 0 Å². The van der Waals surface area contributed by atoms with E-state index in [2.05, 4.69) is 10.3 Å². The molecule has 3 aliphatic rings. The van der Waals surface area contributed by atoms with Gasteiger partial charge in [0.1, 0.15) is 0 Å². The van der Waals surface area contributed by atoms with Crippen molar-refractivity contribution in [3.05, 3.63) is 65.0 Å². The molecule has 2 atom stereocenters. The molecule has 0 radical (unpaired) electrons. The number of carbonyl (C=O) groups is 3. The standard InChI is InChI=1S/C27H32N4O4/c1-18-7-8-23(19(2)15-18)24(32)30-12-9-20(10-13-30)27(21-5-3-11-28-16-21)25(33)31(26(34)29-27)17-22-6-4-14-35-22/h3,5,7-8,11,15-16,20,22H,4,6,9-10,12-14,17H2,1-2H3,(H,29,34)/t22-,27+/m0/s1. The van der Waals surface area contributed by atoms with Gasteiger partial charge in [0, 0.05) is 43.2 Å². The number of ether oxygens (including phenoxy) is 1. The molecule has 8 heteroatoms. The van der Waals surface area contributed by atoms with Crippen LogP contribution in [0.25, 0.3) is 0 Å². The summed E-state index contributed by atoms with van der Waals surface area (Å²) in [5, 5.41) is 3.06. The molecule has 4 amide bonds. The molecule has 0 unspecified atom stereocenters. The molecule has 0 saturated carbocycles. The summed E-state index contributed by atoms with van der Waals surface area (Å²) in [5.74, 6) is -0.385. The molecule has 0 aliphatic carbocycles. The van der Waals surface area contributed by atoms with Crippen LogP contribution < -0.4 is 5.32 Å². The lowest BCUT2D eigenvalue weighted by atomic mass is 9.73. The van der Waals surface area contributed by atoms with E-state index in [-0.39, 0.29) is 36.4 Å². The first-order valence-corrected chi connectivity index (χ1v) is 12.4. The molecule has 3 fully saturated rings. The Balaban J connectivity index is 1.38. The molecule has 0 spiro atoms. The number of rotatable bonds is 5. The Bertz CT molecular complexity index is 1120. The molecule has 8 nitrogen and oxygen atoms in total. The smallest absolute Gasteiger partial charge is 0.325 e. The quantitative estimate of drug-likeness (QED) is 0.670. The van der Waals surface area contributed by atoms with Crippen LogP contribution in [0.1, 0.15) is 52.7 Å². The van der Waals surface area contributed by atoms with Gasteiger partial charge < -0.3 is 15.0 Å². The van der Waals surface area contributed by atoms with Gasteiger partial charge in [0.2, 0.25) is 0 Å². The minimum atomic E-state index is -1.18. The minimum absolute atomic E-state index is 0.0122. The molecule has 1 N–H and O–H groups in total. The average Bonchev–Trinajstić information content (AvgIpc) is 3.47. The lowest BCUT2D eigenvalue weighted by Gasteiger charge is -2.41. The lowest BCUT2D eigenvalue weighted by molar-refractivity contribution is -0.135. The van der Waals surface area contributed by atoms with Crippen molar-refractivity contribution < 1.29 is 19.1 Å². The molecular weight excluding hydrogens is 444 g/mol. The van der Waals surface area contributed by atoms with Gasteiger partial charge in [-0.15, -0.1) is 0 Å². The summed E-state index contributed by atoms with van der Waals surface area (Å²) in [6, 6.07) is 9.13. The highest BCUT2D eigenvalue weighted by Gasteiger charge is 2.57. The summed E-state index contributed by atoms with van der Waals surface area (Å²) < 4.78 is 5.70. The van der Waals surface area contributed by atoms with Crippen LogP contribution in [0.2, 0.25) is 0 Å². The second kappa shape index (κ2) is 9.41. The maximum absolute atomic E-state index is 13.9. The molecule has 3 saturated heterocycles. The first kappa shape index (κ1) is 23.5. The Morgan fingerprint density at radius 2 is 1.97 bits per heavy atom. The third-order valence-electron chi connectivity index (χ3n) is 7.67. The van der Waals surface area contributed by atoms with Gasteiger partial charge in [-0.05, 0) is 63.1 Å². The largest absolute Gasteiger partial charge is 0.376 e. The van der Waals surface area contributed by atoms with Crippen LogP contribution in [0.15, 0.2) is 42.7 Å². The zero-order chi connectivity index (χ0) is 24.6. The lowest BCUT2D eigenvalue weighted by Crippen LogP contribution is -2.54. The molecule has 3 aliphatic heterocycles. The van der Waals surface area contributed by atoms with Gasteiger partial charge in [-0.1, -0.05) is 23.8 Å². The summed E-state index contributed by atoms with van der Waals surface area (Å²) in [5.41, 5.74) is 2.31. The first-order chi connectivity index (χ1) is 16.9. The Hall–Kier alpha value is -3.26. The number of carbonyl (C=O) groups excluding carboxylic acids is 3. The molecule has 4 heterocycles. The van der Waals surface area contributed by atoms with Crippen LogP contribution in [-0.4, -0.2) is 65.0 Å². The summed E-state index contributed by atoms with van der Waals surface area (Å²) in [7, 11) is 0. The highest BCUT2D eigenvalue weighted by molar-refractivity contribution is 6.07. The number of nitrogens with zero attached hydrogens (tertiary/aromatic N) is 3. The normalized spacial score (nSPS) is 25.3. The van der Waals surface area contributed by atoms with Crippen molar-refractivity contribution in [2.45, 2.75) is 51.2 Å². The fraction of sp³-hybridized carbons (Fsp3) is 0.481. The Labute approximate surface area is 205 Å². The number of hydrogen-bond acceptors (Lipinski definition) is 5. The van der Waals surface area contributed by atoms with E-state index in [4.69, 9.17) is 4.74 Å². The van der Waals surface area contributed by atoms with Crippen LogP contribution in [0.5, 0.6) is 0 Å². The Kier molecular flexibility index (Phi) is 6.32. The minimum Gasteiger partial charge on any atom is -0.376 e. The van der Waals surface area contributed by atoms with Crippen molar-refractivity contribution in [3.8, 4) is 0 Å². The zero-order valence-electron chi connectivity index (χ0n) is 20.3. The van der Waals surface area contributed by atoms with Gasteiger partial charge in [-0.3, -0.25) is 19.5 Å². The SMILES string of the molecule is Cc1ccc(C(=O)N2CCC([C@]3(c4cccnc4)NC(=O)N(C[C@@H]4CCCO4)C3=O)CC2)c(C)c1. The van der Waals surface area contributed by atoms with Crippen molar-refractivity contribution in [1.82, 2.24) is 20.1 Å².